The Morgan fingerprint density at radius 2 is 1.46 bits per heavy atom. The lowest BCUT2D eigenvalue weighted by Gasteiger charge is -2.47. The van der Waals surface area contributed by atoms with Crippen LogP contribution in [0.4, 0.5) is 0 Å². The molecule has 2 unspecified atom stereocenters. The van der Waals surface area contributed by atoms with Gasteiger partial charge in [-0.25, -0.2) is 25.8 Å². The summed E-state index contributed by atoms with van der Waals surface area (Å²) >= 11 is 0. The van der Waals surface area contributed by atoms with Crippen LogP contribution in [0.1, 0.15) is 107 Å². The summed E-state index contributed by atoms with van der Waals surface area (Å²) < 4.78 is 11.8. The van der Waals surface area contributed by atoms with Crippen LogP contribution >= 0.6 is 0 Å². The topological polar surface area (TPSA) is 280 Å². The number of hydrazine groups is 2. The molecule has 0 aliphatic carbocycles. The van der Waals surface area contributed by atoms with E-state index < -0.39 is 108 Å². The van der Waals surface area contributed by atoms with E-state index in [9.17, 15) is 54.2 Å². The Bertz CT molecular complexity index is 1580. The van der Waals surface area contributed by atoms with Crippen LogP contribution in [0.25, 0.3) is 0 Å². The molecule has 4 rings (SSSR count). The van der Waals surface area contributed by atoms with E-state index in [1.165, 1.54) is 6.92 Å². The summed E-state index contributed by atoms with van der Waals surface area (Å²) in [6.45, 7) is 12.1. The number of amides is 6. The van der Waals surface area contributed by atoms with Gasteiger partial charge in [-0.2, -0.15) is 0 Å². The predicted molar refractivity (Wildman–Crippen MR) is 205 cm³/mol. The number of aliphatic hydroxyl groups is 2. The standard InChI is InChI=1S/C38H64N8O13/c1-9-21(4)18-25-14-15-38(55,59-24(25)7)37(8,54)36(53)42-29-30(20(2)3)58-35(52)23(6)46(57)32(49)26-12-10-16-40-43(26)28(47)19-39-31(48)22(5)45(56)33(50)27-13-11-17-41-44(27)34(29)51/h20-27,29-30,40-41,54-57H,9-19H2,1-8H3,(H,39,48)(H,42,53)/t21-,22-,23+,24+,25+,26?,27?,29+,30-,37+,38+/m0/s1. The lowest BCUT2D eigenvalue weighted by molar-refractivity contribution is -0.326. The van der Waals surface area contributed by atoms with Gasteiger partial charge in [-0.3, -0.25) is 49.2 Å². The highest BCUT2D eigenvalue weighted by Gasteiger charge is 2.57. The first-order valence-electron chi connectivity index (χ1n) is 20.7. The molecule has 4 saturated heterocycles. The molecule has 0 radical (unpaired) electrons. The summed E-state index contributed by atoms with van der Waals surface area (Å²) in [6, 6.07) is -8.05. The van der Waals surface area contributed by atoms with Gasteiger partial charge in [-0.05, 0) is 84.0 Å². The molecule has 0 aromatic rings. The number of hydrogen-bond acceptors (Lipinski definition) is 15. The summed E-state index contributed by atoms with van der Waals surface area (Å²) in [5.74, 6) is -10.4. The molecular formula is C38H64N8O13. The van der Waals surface area contributed by atoms with Gasteiger partial charge in [0.25, 0.3) is 29.5 Å². The number of carbonyl (C=O) groups excluding carboxylic acids is 7. The fraction of sp³-hybridized carbons (Fsp3) is 0.816. The second-order valence-electron chi connectivity index (χ2n) is 16.9. The zero-order valence-electron chi connectivity index (χ0n) is 35.3. The summed E-state index contributed by atoms with van der Waals surface area (Å²) in [6.07, 6.45) is 0.550. The number of nitrogens with one attached hydrogen (secondary N) is 4. The van der Waals surface area contributed by atoms with E-state index in [0.29, 0.717) is 25.2 Å². The second kappa shape index (κ2) is 19.6. The summed E-state index contributed by atoms with van der Waals surface area (Å²) in [5.41, 5.74) is 2.85. The maximum Gasteiger partial charge on any atom is 0.331 e. The van der Waals surface area contributed by atoms with Gasteiger partial charge >= 0.3 is 5.97 Å². The van der Waals surface area contributed by atoms with Gasteiger partial charge in [0.1, 0.15) is 30.3 Å². The van der Waals surface area contributed by atoms with Crippen LogP contribution in [0.2, 0.25) is 0 Å². The number of ether oxygens (including phenoxy) is 2. The average molecular weight is 841 g/mol. The highest BCUT2D eigenvalue weighted by atomic mass is 16.6. The van der Waals surface area contributed by atoms with Gasteiger partial charge in [-0.1, -0.05) is 34.1 Å². The molecule has 0 aromatic heterocycles. The molecule has 4 heterocycles. The van der Waals surface area contributed by atoms with E-state index in [4.69, 9.17) is 9.47 Å². The molecule has 0 bridgehead atoms. The smallest absolute Gasteiger partial charge is 0.331 e. The predicted octanol–water partition coefficient (Wildman–Crippen LogP) is -0.936. The number of hydrogen-bond donors (Lipinski definition) is 8. The van der Waals surface area contributed by atoms with E-state index in [-0.39, 0.29) is 48.4 Å². The van der Waals surface area contributed by atoms with Gasteiger partial charge in [0, 0.05) is 19.5 Å². The minimum Gasteiger partial charge on any atom is -0.458 e. The molecule has 4 fully saturated rings. The van der Waals surface area contributed by atoms with Gasteiger partial charge in [0.15, 0.2) is 11.6 Å². The van der Waals surface area contributed by atoms with Crippen molar-refractivity contribution in [3.05, 3.63) is 0 Å². The van der Waals surface area contributed by atoms with Crippen LogP contribution in [-0.4, -0.2) is 156 Å². The maximum atomic E-state index is 14.8. The molecule has 4 aliphatic heterocycles. The van der Waals surface area contributed by atoms with E-state index in [0.717, 1.165) is 36.7 Å². The molecule has 4 aliphatic rings. The zero-order valence-corrected chi connectivity index (χ0v) is 35.3. The summed E-state index contributed by atoms with van der Waals surface area (Å²) in [4.78, 5) is 96.8. The van der Waals surface area contributed by atoms with Crippen molar-refractivity contribution in [3.63, 3.8) is 0 Å². The summed E-state index contributed by atoms with van der Waals surface area (Å²) in [5, 5.41) is 52.4. The number of rotatable bonds is 7. The molecular weight excluding hydrogens is 776 g/mol. The monoisotopic (exact) mass is 840 g/mol. The van der Waals surface area contributed by atoms with Crippen LogP contribution in [0, 0.1) is 17.8 Å². The van der Waals surface area contributed by atoms with Crippen molar-refractivity contribution in [3.8, 4) is 0 Å². The zero-order chi connectivity index (χ0) is 44.1. The molecule has 334 valence electrons. The lowest BCUT2D eigenvalue weighted by atomic mass is 9.79. The summed E-state index contributed by atoms with van der Waals surface area (Å²) in [7, 11) is 0. The molecule has 11 atom stereocenters. The first kappa shape index (κ1) is 47.7. The molecule has 8 N–H and O–H groups in total. The van der Waals surface area contributed by atoms with Gasteiger partial charge in [0.05, 0.1) is 12.6 Å². The molecule has 0 saturated carbocycles. The Morgan fingerprint density at radius 3 is 2.02 bits per heavy atom. The van der Waals surface area contributed by atoms with E-state index >= 15 is 0 Å². The van der Waals surface area contributed by atoms with Gasteiger partial charge in [0.2, 0.25) is 11.7 Å². The van der Waals surface area contributed by atoms with Crippen molar-refractivity contribution in [2.75, 3.05) is 19.6 Å². The Hall–Kier alpha value is -3.99. The maximum absolute atomic E-state index is 14.8. The second-order valence-corrected chi connectivity index (χ2v) is 16.9. The van der Waals surface area contributed by atoms with Crippen molar-refractivity contribution in [1.29, 1.82) is 0 Å². The highest BCUT2D eigenvalue weighted by molar-refractivity contribution is 5.97. The molecule has 0 spiro atoms. The van der Waals surface area contributed by atoms with Crippen molar-refractivity contribution in [1.82, 2.24) is 41.6 Å². The fourth-order valence-corrected chi connectivity index (χ4v) is 7.87. The largest absolute Gasteiger partial charge is 0.458 e. The lowest BCUT2D eigenvalue weighted by Crippen LogP contribution is -2.70. The highest BCUT2D eigenvalue weighted by Crippen LogP contribution is 2.40. The van der Waals surface area contributed by atoms with Crippen molar-refractivity contribution >= 4 is 41.4 Å². The molecule has 0 aromatic carbocycles. The van der Waals surface area contributed by atoms with E-state index in [2.05, 4.69) is 35.3 Å². The number of cyclic esters (lactones) is 1. The van der Waals surface area contributed by atoms with Crippen molar-refractivity contribution in [2.45, 2.75) is 161 Å². The minimum absolute atomic E-state index is 0.0268. The quantitative estimate of drug-likeness (QED) is 0.114. The average Bonchev–Trinajstić information content (AvgIpc) is 3.22. The van der Waals surface area contributed by atoms with Gasteiger partial charge < -0.3 is 30.3 Å². The van der Waals surface area contributed by atoms with Gasteiger partial charge in [-0.15, -0.1) is 0 Å². The third-order valence-electron chi connectivity index (χ3n) is 12.2. The third kappa shape index (κ3) is 10.3. The number of fused-ring (bicyclic) bond motifs is 2. The van der Waals surface area contributed by atoms with Crippen LogP contribution in [0.5, 0.6) is 0 Å². The fourth-order valence-electron chi connectivity index (χ4n) is 7.87. The first-order valence-corrected chi connectivity index (χ1v) is 20.7. The van der Waals surface area contributed by atoms with Crippen LogP contribution in [0.15, 0.2) is 0 Å². The number of carbonyl (C=O) groups is 7. The van der Waals surface area contributed by atoms with Crippen molar-refractivity contribution in [2.24, 2.45) is 17.8 Å². The Morgan fingerprint density at radius 1 is 0.898 bits per heavy atom. The van der Waals surface area contributed by atoms with Crippen LogP contribution < -0.4 is 21.5 Å². The Kier molecular flexibility index (Phi) is 15.8. The van der Waals surface area contributed by atoms with Crippen molar-refractivity contribution < 1.29 is 63.7 Å². The molecule has 21 nitrogen and oxygen atoms in total. The Balaban J connectivity index is 1.76. The normalized spacial score (nSPS) is 34.1. The van der Waals surface area contributed by atoms with Crippen LogP contribution in [0.3, 0.4) is 0 Å². The first-order chi connectivity index (χ1) is 27.6. The third-order valence-corrected chi connectivity index (χ3v) is 12.2. The number of nitrogens with zero attached hydrogens (tertiary/aromatic N) is 4. The minimum atomic E-state index is -2.70. The molecule has 21 heteroatoms. The number of hydroxylamine groups is 4. The Labute approximate surface area is 344 Å². The molecule has 6 amide bonds. The molecule has 59 heavy (non-hydrogen) atoms. The van der Waals surface area contributed by atoms with E-state index in [1.807, 2.05) is 0 Å². The van der Waals surface area contributed by atoms with E-state index in [1.54, 1.807) is 20.8 Å². The number of esters is 1. The van der Waals surface area contributed by atoms with Crippen LogP contribution in [-0.2, 0) is 43.0 Å². The SMILES string of the molecule is CC[C@H](C)C[C@H]1CC[C@](O)([C@](C)(O)C(=O)N[C@H]2C(=O)N3NCCCC3C(=O)N(O)[C@@H](C)C(=O)NCC(=O)N3NCCCC3C(=O)N(O)[C@H](C)C(=O)O[C@H]2C(C)C)O[C@@H]1C.